The summed E-state index contributed by atoms with van der Waals surface area (Å²) in [6, 6.07) is 7.77. The van der Waals surface area contributed by atoms with Crippen molar-refractivity contribution in [3.8, 4) is 0 Å². The van der Waals surface area contributed by atoms with Gasteiger partial charge in [-0.1, -0.05) is 17.7 Å². The van der Waals surface area contributed by atoms with Crippen molar-refractivity contribution in [1.82, 2.24) is 14.7 Å². The van der Waals surface area contributed by atoms with E-state index in [4.69, 9.17) is 9.47 Å². The number of aliphatic hydroxyl groups is 1. The average Bonchev–Trinajstić information content (AvgIpc) is 2.72. The fraction of sp³-hybridized carbons (Fsp3) is 0.682. The predicted octanol–water partition coefficient (Wildman–Crippen LogP) is 0.851. The summed E-state index contributed by atoms with van der Waals surface area (Å²) in [5.41, 5.74) is 1.86. The van der Waals surface area contributed by atoms with E-state index in [-0.39, 0.29) is 18.1 Å². The number of carbonyl (C=O) groups is 1. The second-order valence-electron chi connectivity index (χ2n) is 8.17. The van der Waals surface area contributed by atoms with E-state index in [1.165, 1.54) is 0 Å². The molecule has 2 fully saturated rings. The molecule has 2 saturated heterocycles. The molecule has 1 aromatic rings. The Labute approximate surface area is 174 Å². The van der Waals surface area contributed by atoms with Crippen LogP contribution in [0, 0.1) is 6.92 Å². The van der Waals surface area contributed by atoms with E-state index in [0.29, 0.717) is 31.8 Å². The van der Waals surface area contributed by atoms with Gasteiger partial charge in [0.15, 0.2) is 0 Å². The van der Waals surface area contributed by atoms with Crippen molar-refractivity contribution in [1.29, 1.82) is 0 Å². The number of aryl methyl sites for hydroxylation is 1. The monoisotopic (exact) mass is 405 g/mol. The highest BCUT2D eigenvalue weighted by molar-refractivity contribution is 5.94. The van der Waals surface area contributed by atoms with E-state index in [1.807, 2.05) is 36.1 Å². The lowest BCUT2D eigenvalue weighted by Gasteiger charge is -2.37. The minimum Gasteiger partial charge on any atom is -0.392 e. The van der Waals surface area contributed by atoms with Crippen molar-refractivity contribution in [2.75, 3.05) is 72.2 Å². The van der Waals surface area contributed by atoms with Crippen molar-refractivity contribution in [3.63, 3.8) is 0 Å². The van der Waals surface area contributed by atoms with Gasteiger partial charge in [-0.15, -0.1) is 0 Å². The first-order valence-corrected chi connectivity index (χ1v) is 10.7. The molecule has 0 radical (unpaired) electrons. The van der Waals surface area contributed by atoms with Crippen LogP contribution in [0.4, 0.5) is 0 Å². The van der Waals surface area contributed by atoms with Crippen LogP contribution in [-0.2, 0) is 9.47 Å². The van der Waals surface area contributed by atoms with Crippen LogP contribution in [0.25, 0.3) is 0 Å². The summed E-state index contributed by atoms with van der Waals surface area (Å²) in [6.07, 6.45) is -0.401. The number of carbonyl (C=O) groups excluding carboxylic acids is 1. The Morgan fingerprint density at radius 3 is 2.55 bits per heavy atom. The molecule has 1 N–H and O–H groups in total. The summed E-state index contributed by atoms with van der Waals surface area (Å²) >= 11 is 0. The van der Waals surface area contributed by atoms with E-state index >= 15 is 0 Å². The van der Waals surface area contributed by atoms with Crippen LogP contribution in [0.5, 0.6) is 0 Å². The number of aliphatic hydroxyl groups excluding tert-OH is 1. The van der Waals surface area contributed by atoms with Crippen LogP contribution in [0.1, 0.15) is 22.8 Å². The molecule has 1 aromatic carbocycles. The summed E-state index contributed by atoms with van der Waals surface area (Å²) in [6.45, 7) is 12.1. The molecule has 0 aromatic heterocycles. The normalized spacial score (nSPS) is 22.4. The SMILES string of the molecule is Cc1ccc(C(=O)N(CCN2CCOCC2)CC2CN(CC(C)O)CCO2)cc1. The number of hydrogen-bond donors (Lipinski definition) is 1. The summed E-state index contributed by atoms with van der Waals surface area (Å²) in [7, 11) is 0. The van der Waals surface area contributed by atoms with Crippen LogP contribution >= 0.6 is 0 Å². The minimum atomic E-state index is -0.361. The molecule has 2 atom stereocenters. The van der Waals surface area contributed by atoms with Gasteiger partial charge in [-0.25, -0.2) is 0 Å². The molecule has 1 amide bonds. The molecule has 0 spiro atoms. The third-order valence-corrected chi connectivity index (χ3v) is 5.54. The third-order valence-electron chi connectivity index (χ3n) is 5.54. The zero-order valence-electron chi connectivity index (χ0n) is 17.8. The van der Waals surface area contributed by atoms with Gasteiger partial charge < -0.3 is 19.5 Å². The van der Waals surface area contributed by atoms with Gasteiger partial charge in [0, 0.05) is 57.9 Å². The maximum Gasteiger partial charge on any atom is 0.253 e. The van der Waals surface area contributed by atoms with Crippen LogP contribution in [0.2, 0.25) is 0 Å². The molecule has 0 aliphatic carbocycles. The Kier molecular flexibility index (Phi) is 8.44. The first kappa shape index (κ1) is 22.2. The predicted molar refractivity (Wildman–Crippen MR) is 112 cm³/mol. The van der Waals surface area contributed by atoms with Crippen molar-refractivity contribution in [2.45, 2.75) is 26.1 Å². The van der Waals surface area contributed by atoms with E-state index in [0.717, 1.165) is 51.5 Å². The molecule has 0 saturated carbocycles. The van der Waals surface area contributed by atoms with Gasteiger partial charge in [-0.2, -0.15) is 0 Å². The van der Waals surface area contributed by atoms with Crippen LogP contribution in [0.3, 0.4) is 0 Å². The average molecular weight is 406 g/mol. The van der Waals surface area contributed by atoms with Crippen LogP contribution in [0.15, 0.2) is 24.3 Å². The lowest BCUT2D eigenvalue weighted by Crippen LogP contribution is -2.51. The number of hydrogen-bond acceptors (Lipinski definition) is 6. The van der Waals surface area contributed by atoms with E-state index in [1.54, 1.807) is 6.92 Å². The zero-order valence-corrected chi connectivity index (χ0v) is 17.8. The fourth-order valence-electron chi connectivity index (χ4n) is 3.92. The number of morpholine rings is 2. The number of amides is 1. The summed E-state index contributed by atoms with van der Waals surface area (Å²) in [5, 5.41) is 9.70. The molecular formula is C22H35N3O4. The highest BCUT2D eigenvalue weighted by atomic mass is 16.5. The van der Waals surface area contributed by atoms with Crippen molar-refractivity contribution >= 4 is 5.91 Å². The van der Waals surface area contributed by atoms with E-state index < -0.39 is 0 Å². The molecule has 7 nitrogen and oxygen atoms in total. The molecule has 2 unspecified atom stereocenters. The largest absolute Gasteiger partial charge is 0.392 e. The van der Waals surface area contributed by atoms with Gasteiger partial charge in [0.1, 0.15) is 0 Å². The quantitative estimate of drug-likeness (QED) is 0.692. The smallest absolute Gasteiger partial charge is 0.253 e. The third kappa shape index (κ3) is 7.04. The Bertz CT molecular complexity index is 631. The fourth-order valence-corrected chi connectivity index (χ4v) is 3.92. The van der Waals surface area contributed by atoms with Crippen LogP contribution < -0.4 is 0 Å². The Morgan fingerprint density at radius 2 is 1.86 bits per heavy atom. The Balaban J connectivity index is 1.64. The first-order valence-electron chi connectivity index (χ1n) is 10.7. The molecule has 0 bridgehead atoms. The van der Waals surface area contributed by atoms with Gasteiger partial charge >= 0.3 is 0 Å². The number of ether oxygens (including phenoxy) is 2. The highest BCUT2D eigenvalue weighted by Gasteiger charge is 2.26. The summed E-state index contributed by atoms with van der Waals surface area (Å²) < 4.78 is 11.4. The lowest BCUT2D eigenvalue weighted by molar-refractivity contribution is -0.0501. The lowest BCUT2D eigenvalue weighted by atomic mass is 10.1. The summed E-state index contributed by atoms with van der Waals surface area (Å²) in [5.74, 6) is 0.0505. The van der Waals surface area contributed by atoms with E-state index in [2.05, 4.69) is 9.80 Å². The molecule has 29 heavy (non-hydrogen) atoms. The highest BCUT2D eigenvalue weighted by Crippen LogP contribution is 2.12. The zero-order chi connectivity index (χ0) is 20.6. The van der Waals surface area contributed by atoms with E-state index in [9.17, 15) is 9.90 Å². The second kappa shape index (κ2) is 11.0. The second-order valence-corrected chi connectivity index (χ2v) is 8.17. The van der Waals surface area contributed by atoms with Gasteiger partial charge in [-0.3, -0.25) is 14.6 Å². The molecular weight excluding hydrogens is 370 g/mol. The Morgan fingerprint density at radius 1 is 1.17 bits per heavy atom. The molecule has 3 rings (SSSR count). The maximum atomic E-state index is 13.2. The van der Waals surface area contributed by atoms with Crippen molar-refractivity contribution in [2.24, 2.45) is 0 Å². The number of nitrogens with zero attached hydrogens (tertiary/aromatic N) is 3. The van der Waals surface area contributed by atoms with Gasteiger partial charge in [0.25, 0.3) is 5.91 Å². The molecule has 2 aliphatic rings. The molecule has 2 aliphatic heterocycles. The topological polar surface area (TPSA) is 65.5 Å². The van der Waals surface area contributed by atoms with Gasteiger partial charge in [0.05, 0.1) is 32.0 Å². The molecule has 7 heteroatoms. The number of rotatable bonds is 8. The number of β-amino-alcohol motifs (C(OH)–C–C–N with tert-alkyl or cyclic N) is 1. The first-order chi connectivity index (χ1) is 14.0. The van der Waals surface area contributed by atoms with Crippen molar-refractivity contribution in [3.05, 3.63) is 35.4 Å². The molecule has 2 heterocycles. The standard InChI is InChI=1S/C22H35N3O4/c1-18-3-5-20(6-4-18)22(27)25(8-7-23-9-12-28-13-10-23)17-21-16-24(11-14-29-21)15-19(2)26/h3-6,19,21,26H,7-17H2,1-2H3. The van der Waals surface area contributed by atoms with Crippen molar-refractivity contribution < 1.29 is 19.4 Å². The Hall–Kier alpha value is -1.51. The summed E-state index contributed by atoms with van der Waals surface area (Å²) in [4.78, 5) is 19.7. The molecule has 162 valence electrons. The van der Waals surface area contributed by atoms with Crippen LogP contribution in [-0.4, -0.2) is 110 Å². The van der Waals surface area contributed by atoms with Gasteiger partial charge in [-0.05, 0) is 26.0 Å². The maximum absolute atomic E-state index is 13.2. The minimum absolute atomic E-state index is 0.0402. The van der Waals surface area contributed by atoms with Gasteiger partial charge in [0.2, 0.25) is 0 Å². The number of benzene rings is 1.